The molecule has 0 spiro atoms. The van der Waals surface area contributed by atoms with Crippen molar-refractivity contribution in [1.29, 1.82) is 0 Å². The molecule has 1 aromatic carbocycles. The van der Waals surface area contributed by atoms with Gasteiger partial charge in [-0.05, 0) is 18.4 Å². The predicted molar refractivity (Wildman–Crippen MR) is 91.6 cm³/mol. The number of benzene rings is 1. The largest absolute Gasteiger partial charge is 0.445 e. The first kappa shape index (κ1) is 19.2. The predicted octanol–water partition coefficient (Wildman–Crippen LogP) is 1.70. The fraction of sp³-hybridized carbons (Fsp3) is 0.556. The average molecular weight is 350 g/mol. The normalized spacial score (nSPS) is 20.7. The SMILES string of the molecule is CCCC[C@H](NC(=O)OCc1ccccc1)C(=O)N[C@H]1CCOC1O. The molecule has 3 atom stereocenters. The van der Waals surface area contributed by atoms with E-state index < -0.39 is 24.5 Å². The Morgan fingerprint density at radius 1 is 1.36 bits per heavy atom. The second-order valence-corrected chi connectivity index (χ2v) is 6.07. The number of alkyl carbamates (subject to hydrolysis) is 1. The van der Waals surface area contributed by atoms with Crippen LogP contribution in [0.25, 0.3) is 0 Å². The number of hydrogen-bond acceptors (Lipinski definition) is 5. The number of ether oxygens (including phenoxy) is 2. The number of carbonyl (C=O) groups is 2. The van der Waals surface area contributed by atoms with Crippen molar-refractivity contribution < 1.29 is 24.2 Å². The van der Waals surface area contributed by atoms with Gasteiger partial charge in [0.15, 0.2) is 6.29 Å². The van der Waals surface area contributed by atoms with Gasteiger partial charge in [0, 0.05) is 0 Å². The van der Waals surface area contributed by atoms with Crippen LogP contribution in [0.4, 0.5) is 4.79 Å². The maximum atomic E-state index is 12.4. The van der Waals surface area contributed by atoms with Gasteiger partial charge in [-0.15, -0.1) is 0 Å². The van der Waals surface area contributed by atoms with E-state index in [4.69, 9.17) is 9.47 Å². The molecule has 1 aliphatic heterocycles. The van der Waals surface area contributed by atoms with Gasteiger partial charge >= 0.3 is 6.09 Å². The first-order valence-electron chi connectivity index (χ1n) is 8.67. The summed E-state index contributed by atoms with van der Waals surface area (Å²) >= 11 is 0. The number of unbranched alkanes of at least 4 members (excludes halogenated alkanes) is 1. The Kier molecular flexibility index (Phi) is 7.69. The van der Waals surface area contributed by atoms with Gasteiger partial charge in [0.25, 0.3) is 0 Å². The Labute approximate surface area is 147 Å². The van der Waals surface area contributed by atoms with Gasteiger partial charge in [0.2, 0.25) is 5.91 Å². The molecule has 2 rings (SSSR count). The van der Waals surface area contributed by atoms with Gasteiger partial charge in [0.1, 0.15) is 12.6 Å². The molecule has 0 aliphatic carbocycles. The minimum absolute atomic E-state index is 0.143. The van der Waals surface area contributed by atoms with E-state index in [-0.39, 0.29) is 12.5 Å². The second kappa shape index (κ2) is 10.0. The van der Waals surface area contributed by atoms with Crippen molar-refractivity contribution in [3.8, 4) is 0 Å². The molecule has 0 saturated carbocycles. The lowest BCUT2D eigenvalue weighted by atomic mass is 10.1. The van der Waals surface area contributed by atoms with Crippen LogP contribution in [0.3, 0.4) is 0 Å². The van der Waals surface area contributed by atoms with Gasteiger partial charge in [-0.25, -0.2) is 4.79 Å². The molecule has 2 amide bonds. The lowest BCUT2D eigenvalue weighted by molar-refractivity contribution is -0.127. The molecule has 1 heterocycles. The highest BCUT2D eigenvalue weighted by atomic mass is 16.6. The molecule has 138 valence electrons. The van der Waals surface area contributed by atoms with Crippen LogP contribution in [-0.4, -0.2) is 42.1 Å². The van der Waals surface area contributed by atoms with Crippen LogP contribution in [0.5, 0.6) is 0 Å². The lowest BCUT2D eigenvalue weighted by Gasteiger charge is -2.21. The summed E-state index contributed by atoms with van der Waals surface area (Å²) in [6.07, 6.45) is 1.11. The third-order valence-electron chi connectivity index (χ3n) is 4.06. The highest BCUT2D eigenvalue weighted by Gasteiger charge is 2.30. The number of carbonyl (C=O) groups excluding carboxylic acids is 2. The smallest absolute Gasteiger partial charge is 0.408 e. The Bertz CT molecular complexity index is 552. The number of hydrogen-bond donors (Lipinski definition) is 3. The molecule has 1 saturated heterocycles. The molecule has 25 heavy (non-hydrogen) atoms. The molecular weight excluding hydrogens is 324 g/mol. The summed E-state index contributed by atoms with van der Waals surface area (Å²) in [6, 6.07) is 8.18. The van der Waals surface area contributed by atoms with E-state index in [1.807, 2.05) is 37.3 Å². The molecule has 7 nitrogen and oxygen atoms in total. The minimum Gasteiger partial charge on any atom is -0.445 e. The van der Waals surface area contributed by atoms with E-state index in [0.717, 1.165) is 18.4 Å². The van der Waals surface area contributed by atoms with E-state index in [2.05, 4.69) is 10.6 Å². The van der Waals surface area contributed by atoms with E-state index in [1.165, 1.54) is 0 Å². The van der Waals surface area contributed by atoms with Crippen LogP contribution in [0.2, 0.25) is 0 Å². The third-order valence-corrected chi connectivity index (χ3v) is 4.06. The summed E-state index contributed by atoms with van der Waals surface area (Å²) in [6.45, 7) is 2.56. The highest BCUT2D eigenvalue weighted by molar-refractivity contribution is 5.85. The monoisotopic (exact) mass is 350 g/mol. The standard InChI is InChI=1S/C18H26N2O5/c1-2-3-9-14(16(21)19-15-10-11-24-17(15)22)20-18(23)25-12-13-7-5-4-6-8-13/h4-8,14-15,17,22H,2-3,9-12H2,1H3,(H,19,21)(H,20,23)/t14-,15-,17?/m0/s1. The van der Waals surface area contributed by atoms with E-state index >= 15 is 0 Å². The molecule has 1 fully saturated rings. The highest BCUT2D eigenvalue weighted by Crippen LogP contribution is 2.12. The maximum Gasteiger partial charge on any atom is 0.408 e. The summed E-state index contributed by atoms with van der Waals surface area (Å²) in [5.74, 6) is -0.334. The number of rotatable bonds is 8. The van der Waals surface area contributed by atoms with Gasteiger partial charge in [-0.3, -0.25) is 4.79 Å². The van der Waals surface area contributed by atoms with Crippen LogP contribution in [0.1, 0.15) is 38.2 Å². The summed E-state index contributed by atoms with van der Waals surface area (Å²) in [5.41, 5.74) is 0.874. The molecule has 0 aromatic heterocycles. The fourth-order valence-electron chi connectivity index (χ4n) is 2.59. The Morgan fingerprint density at radius 3 is 2.76 bits per heavy atom. The zero-order chi connectivity index (χ0) is 18.1. The number of nitrogens with one attached hydrogen (secondary N) is 2. The second-order valence-electron chi connectivity index (χ2n) is 6.07. The molecule has 1 aromatic rings. The molecule has 3 N–H and O–H groups in total. The van der Waals surface area contributed by atoms with Crippen LogP contribution < -0.4 is 10.6 Å². The van der Waals surface area contributed by atoms with Crippen molar-refractivity contribution in [2.45, 2.75) is 57.6 Å². The molecule has 0 radical (unpaired) electrons. The van der Waals surface area contributed by atoms with Gasteiger partial charge in [0.05, 0.1) is 12.6 Å². The van der Waals surface area contributed by atoms with Crippen molar-refractivity contribution in [1.82, 2.24) is 10.6 Å². The van der Waals surface area contributed by atoms with Gasteiger partial charge in [-0.2, -0.15) is 0 Å². The Balaban J connectivity index is 1.85. The van der Waals surface area contributed by atoms with Crippen LogP contribution in [0, 0.1) is 0 Å². The van der Waals surface area contributed by atoms with Crippen molar-refractivity contribution in [3.05, 3.63) is 35.9 Å². The minimum atomic E-state index is -0.999. The number of aliphatic hydroxyl groups excluding tert-OH is 1. The zero-order valence-corrected chi connectivity index (χ0v) is 14.4. The molecule has 1 unspecified atom stereocenters. The van der Waals surface area contributed by atoms with Crippen molar-refractivity contribution >= 4 is 12.0 Å². The first-order chi connectivity index (χ1) is 12.1. The topological polar surface area (TPSA) is 96.9 Å². The molecule has 7 heteroatoms. The van der Waals surface area contributed by atoms with Crippen molar-refractivity contribution in [3.63, 3.8) is 0 Å². The third kappa shape index (κ3) is 6.36. The number of amides is 2. The van der Waals surface area contributed by atoms with Crippen LogP contribution in [-0.2, 0) is 20.9 Å². The van der Waals surface area contributed by atoms with E-state index in [9.17, 15) is 14.7 Å². The van der Waals surface area contributed by atoms with Crippen LogP contribution >= 0.6 is 0 Å². The molecule has 1 aliphatic rings. The van der Waals surface area contributed by atoms with Crippen molar-refractivity contribution in [2.24, 2.45) is 0 Å². The fourth-order valence-corrected chi connectivity index (χ4v) is 2.59. The maximum absolute atomic E-state index is 12.4. The van der Waals surface area contributed by atoms with Crippen molar-refractivity contribution in [2.75, 3.05) is 6.61 Å². The average Bonchev–Trinajstić information content (AvgIpc) is 3.02. The summed E-state index contributed by atoms with van der Waals surface area (Å²) < 4.78 is 10.2. The summed E-state index contributed by atoms with van der Waals surface area (Å²) in [4.78, 5) is 24.4. The lowest BCUT2D eigenvalue weighted by Crippen LogP contribution is -2.51. The summed E-state index contributed by atoms with van der Waals surface area (Å²) in [5, 5.41) is 15.0. The van der Waals surface area contributed by atoms with E-state index in [0.29, 0.717) is 19.4 Å². The zero-order valence-electron chi connectivity index (χ0n) is 14.4. The Hall–Kier alpha value is -2.12. The van der Waals surface area contributed by atoms with Gasteiger partial charge in [-0.1, -0.05) is 50.1 Å². The van der Waals surface area contributed by atoms with Crippen LogP contribution in [0.15, 0.2) is 30.3 Å². The number of aliphatic hydroxyl groups is 1. The Morgan fingerprint density at radius 2 is 2.12 bits per heavy atom. The molecular formula is C18H26N2O5. The van der Waals surface area contributed by atoms with Gasteiger partial charge < -0.3 is 25.2 Å². The van der Waals surface area contributed by atoms with E-state index in [1.54, 1.807) is 0 Å². The molecule has 0 bridgehead atoms. The summed E-state index contributed by atoms with van der Waals surface area (Å²) in [7, 11) is 0. The first-order valence-corrected chi connectivity index (χ1v) is 8.67. The quantitative estimate of drug-likeness (QED) is 0.663.